The molecule has 22 heavy (non-hydrogen) atoms. The molecule has 0 radical (unpaired) electrons. The molecule has 1 fully saturated rings. The first kappa shape index (κ1) is 14.5. The zero-order chi connectivity index (χ0) is 15.4. The van der Waals surface area contributed by atoms with Crippen molar-refractivity contribution in [3.8, 4) is 5.75 Å². The average Bonchev–Trinajstić information content (AvgIpc) is 3.09. The molecule has 7 nitrogen and oxygen atoms in total. The standard InChI is InChI=1S/C14H14FN3O4/c15-10-1-3-11(4-2-10)21-8-13(19)18-5-6-20-12(7-18)14-16-9-22-17-14/h1-4,9,12H,5-8H2/t12-/m1/s1. The summed E-state index contributed by atoms with van der Waals surface area (Å²) in [5.74, 6) is 0.325. The third-order valence-electron chi connectivity index (χ3n) is 3.26. The number of nitrogens with zero attached hydrogens (tertiary/aromatic N) is 3. The molecule has 2 heterocycles. The van der Waals surface area contributed by atoms with Gasteiger partial charge < -0.3 is 18.9 Å². The molecule has 1 aromatic carbocycles. The molecular weight excluding hydrogens is 293 g/mol. The molecule has 0 unspecified atom stereocenters. The molecule has 1 atom stereocenters. The SMILES string of the molecule is O=C(COc1ccc(F)cc1)N1CCO[C@@H](c2ncon2)C1. The molecule has 3 rings (SSSR count). The molecule has 0 aliphatic carbocycles. The van der Waals surface area contributed by atoms with Crippen molar-refractivity contribution in [3.63, 3.8) is 0 Å². The topological polar surface area (TPSA) is 77.7 Å². The maximum Gasteiger partial charge on any atom is 0.260 e. The van der Waals surface area contributed by atoms with Gasteiger partial charge >= 0.3 is 0 Å². The first-order valence-corrected chi connectivity index (χ1v) is 6.76. The minimum Gasteiger partial charge on any atom is -0.484 e. The van der Waals surface area contributed by atoms with Crippen LogP contribution < -0.4 is 4.74 Å². The molecule has 2 aromatic rings. The smallest absolute Gasteiger partial charge is 0.260 e. The van der Waals surface area contributed by atoms with E-state index < -0.39 is 6.10 Å². The Balaban J connectivity index is 1.54. The van der Waals surface area contributed by atoms with Gasteiger partial charge in [0, 0.05) is 6.54 Å². The quantitative estimate of drug-likeness (QED) is 0.844. The van der Waals surface area contributed by atoms with Crippen molar-refractivity contribution >= 4 is 5.91 Å². The molecule has 0 N–H and O–H groups in total. The summed E-state index contributed by atoms with van der Waals surface area (Å²) in [6, 6.07) is 5.51. The number of carbonyl (C=O) groups excluding carboxylic acids is 1. The number of benzene rings is 1. The highest BCUT2D eigenvalue weighted by atomic mass is 19.1. The number of hydrogen-bond acceptors (Lipinski definition) is 6. The second-order valence-electron chi connectivity index (χ2n) is 4.73. The lowest BCUT2D eigenvalue weighted by molar-refractivity contribution is -0.141. The third-order valence-corrected chi connectivity index (χ3v) is 3.26. The van der Waals surface area contributed by atoms with Gasteiger partial charge in [-0.15, -0.1) is 0 Å². The molecule has 1 aromatic heterocycles. The maximum absolute atomic E-state index is 12.8. The lowest BCUT2D eigenvalue weighted by Crippen LogP contribution is -2.44. The highest BCUT2D eigenvalue weighted by molar-refractivity contribution is 5.77. The second kappa shape index (κ2) is 6.52. The summed E-state index contributed by atoms with van der Waals surface area (Å²) < 4.78 is 28.3. The Hall–Kier alpha value is -2.48. The zero-order valence-corrected chi connectivity index (χ0v) is 11.6. The predicted molar refractivity (Wildman–Crippen MR) is 71.5 cm³/mol. The summed E-state index contributed by atoms with van der Waals surface area (Å²) in [6.07, 6.45) is 0.819. The van der Waals surface area contributed by atoms with Crippen LogP contribution in [0, 0.1) is 5.82 Å². The first-order valence-electron chi connectivity index (χ1n) is 6.76. The van der Waals surface area contributed by atoms with E-state index in [4.69, 9.17) is 9.47 Å². The Kier molecular flexibility index (Phi) is 4.29. The van der Waals surface area contributed by atoms with Crippen LogP contribution in [0.1, 0.15) is 11.9 Å². The van der Waals surface area contributed by atoms with Gasteiger partial charge in [0.15, 0.2) is 6.61 Å². The first-order chi connectivity index (χ1) is 10.7. The molecule has 1 aliphatic heterocycles. The molecule has 1 saturated heterocycles. The van der Waals surface area contributed by atoms with Gasteiger partial charge in [-0.3, -0.25) is 4.79 Å². The van der Waals surface area contributed by atoms with Gasteiger partial charge in [-0.1, -0.05) is 5.16 Å². The van der Waals surface area contributed by atoms with E-state index in [-0.39, 0.29) is 18.3 Å². The van der Waals surface area contributed by atoms with Crippen LogP contribution in [0.2, 0.25) is 0 Å². The van der Waals surface area contributed by atoms with Crippen molar-refractivity contribution in [2.75, 3.05) is 26.3 Å². The van der Waals surface area contributed by atoms with Crippen molar-refractivity contribution in [1.82, 2.24) is 15.0 Å². The van der Waals surface area contributed by atoms with Crippen molar-refractivity contribution < 1.29 is 23.2 Å². The van der Waals surface area contributed by atoms with Crippen LogP contribution in [0.25, 0.3) is 0 Å². The Morgan fingerprint density at radius 2 is 2.23 bits per heavy atom. The average molecular weight is 307 g/mol. The lowest BCUT2D eigenvalue weighted by Gasteiger charge is -2.31. The van der Waals surface area contributed by atoms with Crippen molar-refractivity contribution in [3.05, 3.63) is 42.3 Å². The van der Waals surface area contributed by atoms with Crippen LogP contribution in [0.4, 0.5) is 4.39 Å². The summed E-state index contributed by atoms with van der Waals surface area (Å²) in [4.78, 5) is 17.7. The third kappa shape index (κ3) is 3.40. The van der Waals surface area contributed by atoms with Gasteiger partial charge in [0.1, 0.15) is 17.7 Å². The maximum atomic E-state index is 12.8. The minimum atomic E-state index is -0.401. The molecule has 8 heteroatoms. The predicted octanol–water partition coefficient (Wildman–Crippen LogP) is 1.19. The fourth-order valence-corrected chi connectivity index (χ4v) is 2.12. The normalized spacial score (nSPS) is 18.2. The Morgan fingerprint density at radius 3 is 2.95 bits per heavy atom. The lowest BCUT2D eigenvalue weighted by atomic mass is 10.2. The second-order valence-corrected chi connectivity index (χ2v) is 4.73. The summed E-state index contributed by atoms with van der Waals surface area (Å²) >= 11 is 0. The molecular formula is C14H14FN3O4. The van der Waals surface area contributed by atoms with Crippen LogP contribution in [0.5, 0.6) is 5.75 Å². The van der Waals surface area contributed by atoms with Gasteiger partial charge in [-0.05, 0) is 24.3 Å². The van der Waals surface area contributed by atoms with Crippen LogP contribution in [-0.4, -0.2) is 47.3 Å². The molecule has 1 amide bonds. The Labute approximate surface area is 125 Å². The van der Waals surface area contributed by atoms with E-state index in [1.165, 1.54) is 30.7 Å². The zero-order valence-electron chi connectivity index (χ0n) is 11.6. The monoisotopic (exact) mass is 307 g/mol. The highest BCUT2D eigenvalue weighted by Crippen LogP contribution is 2.19. The minimum absolute atomic E-state index is 0.120. The summed E-state index contributed by atoms with van der Waals surface area (Å²) in [7, 11) is 0. The number of aromatic nitrogens is 2. The van der Waals surface area contributed by atoms with Crippen LogP contribution >= 0.6 is 0 Å². The van der Waals surface area contributed by atoms with Gasteiger partial charge in [0.2, 0.25) is 12.2 Å². The Morgan fingerprint density at radius 1 is 1.41 bits per heavy atom. The van der Waals surface area contributed by atoms with Crippen molar-refractivity contribution in [1.29, 1.82) is 0 Å². The van der Waals surface area contributed by atoms with Crippen molar-refractivity contribution in [2.45, 2.75) is 6.10 Å². The van der Waals surface area contributed by atoms with Gasteiger partial charge in [-0.2, -0.15) is 4.98 Å². The highest BCUT2D eigenvalue weighted by Gasteiger charge is 2.28. The number of amides is 1. The number of halogens is 1. The molecule has 1 aliphatic rings. The van der Waals surface area contributed by atoms with Crippen LogP contribution in [-0.2, 0) is 9.53 Å². The van der Waals surface area contributed by atoms with Gasteiger partial charge in [0.05, 0.1) is 13.2 Å². The van der Waals surface area contributed by atoms with E-state index in [1.807, 2.05) is 0 Å². The number of carbonyl (C=O) groups is 1. The van der Waals surface area contributed by atoms with Gasteiger partial charge in [0.25, 0.3) is 5.91 Å². The van der Waals surface area contributed by atoms with Crippen LogP contribution in [0.15, 0.2) is 35.2 Å². The van der Waals surface area contributed by atoms with E-state index in [1.54, 1.807) is 4.90 Å². The van der Waals surface area contributed by atoms with E-state index in [0.29, 0.717) is 31.3 Å². The van der Waals surface area contributed by atoms with Crippen molar-refractivity contribution in [2.24, 2.45) is 0 Å². The van der Waals surface area contributed by atoms with E-state index in [2.05, 4.69) is 14.7 Å². The number of ether oxygens (including phenoxy) is 2. The van der Waals surface area contributed by atoms with Gasteiger partial charge in [-0.25, -0.2) is 4.39 Å². The molecule has 116 valence electrons. The number of hydrogen-bond donors (Lipinski definition) is 0. The van der Waals surface area contributed by atoms with E-state index >= 15 is 0 Å². The fraction of sp³-hybridized carbons (Fsp3) is 0.357. The molecule has 0 bridgehead atoms. The molecule has 0 spiro atoms. The fourth-order valence-electron chi connectivity index (χ4n) is 2.12. The van der Waals surface area contributed by atoms with E-state index in [0.717, 1.165) is 0 Å². The summed E-state index contributed by atoms with van der Waals surface area (Å²) in [6.45, 7) is 1.08. The summed E-state index contributed by atoms with van der Waals surface area (Å²) in [5, 5.41) is 3.72. The number of morpholine rings is 1. The molecule has 0 saturated carbocycles. The summed E-state index contributed by atoms with van der Waals surface area (Å²) in [5.41, 5.74) is 0. The Bertz CT molecular complexity index is 618. The van der Waals surface area contributed by atoms with Crippen LogP contribution in [0.3, 0.4) is 0 Å². The van der Waals surface area contributed by atoms with E-state index in [9.17, 15) is 9.18 Å². The number of rotatable bonds is 4. The largest absolute Gasteiger partial charge is 0.484 e.